The Morgan fingerprint density at radius 2 is 1.95 bits per heavy atom. The fourth-order valence-electron chi connectivity index (χ4n) is 2.18. The van der Waals surface area contributed by atoms with Crippen molar-refractivity contribution in [2.24, 2.45) is 5.92 Å². The van der Waals surface area contributed by atoms with Crippen LogP contribution in [0.1, 0.15) is 23.2 Å². The Morgan fingerprint density at radius 3 is 2.50 bits per heavy atom. The summed E-state index contributed by atoms with van der Waals surface area (Å²) in [5.41, 5.74) is 1.39. The second kappa shape index (κ2) is 8.49. The van der Waals surface area contributed by atoms with E-state index in [-0.39, 0.29) is 5.97 Å². The maximum atomic E-state index is 11.7. The molecular formula is C16H21Cl2NO3. The van der Waals surface area contributed by atoms with E-state index in [0.717, 1.165) is 5.69 Å². The lowest BCUT2D eigenvalue weighted by Gasteiger charge is -2.25. The van der Waals surface area contributed by atoms with E-state index in [4.69, 9.17) is 32.7 Å². The Bertz CT molecular complexity index is 500. The molecule has 0 aromatic heterocycles. The largest absolute Gasteiger partial charge is 0.491 e. The van der Waals surface area contributed by atoms with Crippen LogP contribution in [0, 0.1) is 5.92 Å². The lowest BCUT2D eigenvalue weighted by molar-refractivity contribution is 0.0600. The third kappa shape index (κ3) is 4.68. The predicted octanol–water partition coefficient (Wildman–Crippen LogP) is 3.55. The molecule has 122 valence electrons. The van der Waals surface area contributed by atoms with Gasteiger partial charge in [-0.2, -0.15) is 0 Å². The molecule has 0 aliphatic heterocycles. The van der Waals surface area contributed by atoms with Gasteiger partial charge in [0.15, 0.2) is 0 Å². The normalized spacial score (nSPS) is 13.8. The van der Waals surface area contributed by atoms with E-state index in [9.17, 15) is 4.79 Å². The minimum atomic E-state index is -0.371. The molecule has 0 bridgehead atoms. The third-order valence-electron chi connectivity index (χ3n) is 3.60. The highest BCUT2D eigenvalue weighted by Gasteiger charge is 2.23. The number of rotatable bonds is 9. The zero-order valence-electron chi connectivity index (χ0n) is 12.7. The molecule has 0 unspecified atom stereocenters. The summed E-state index contributed by atoms with van der Waals surface area (Å²) in [5.74, 6) is 1.94. The molecule has 0 atom stereocenters. The number of carbonyl (C=O) groups excluding carboxylic acids is 1. The van der Waals surface area contributed by atoms with Crippen LogP contribution in [0.5, 0.6) is 5.75 Å². The zero-order valence-corrected chi connectivity index (χ0v) is 14.2. The molecule has 0 saturated heterocycles. The molecule has 1 aliphatic carbocycles. The van der Waals surface area contributed by atoms with Crippen molar-refractivity contribution in [3.8, 4) is 5.75 Å². The molecular weight excluding hydrogens is 325 g/mol. The van der Waals surface area contributed by atoms with Gasteiger partial charge in [0.25, 0.3) is 0 Å². The van der Waals surface area contributed by atoms with Gasteiger partial charge in [0.05, 0.1) is 25.0 Å². The summed E-state index contributed by atoms with van der Waals surface area (Å²) < 4.78 is 10.7. The Morgan fingerprint density at radius 1 is 1.27 bits per heavy atom. The first kappa shape index (κ1) is 17.2. The van der Waals surface area contributed by atoms with Crippen molar-refractivity contribution < 1.29 is 14.3 Å². The molecule has 0 heterocycles. The number of anilines is 1. The fourth-order valence-corrected chi connectivity index (χ4v) is 2.59. The van der Waals surface area contributed by atoms with Gasteiger partial charge in [0.1, 0.15) is 5.75 Å². The van der Waals surface area contributed by atoms with E-state index in [0.29, 0.717) is 48.7 Å². The molecule has 1 saturated carbocycles. The van der Waals surface area contributed by atoms with Gasteiger partial charge in [-0.25, -0.2) is 4.79 Å². The highest BCUT2D eigenvalue weighted by atomic mass is 35.5. The van der Waals surface area contributed by atoms with Gasteiger partial charge in [-0.05, 0) is 37.0 Å². The van der Waals surface area contributed by atoms with Crippen LogP contribution in [0.2, 0.25) is 0 Å². The summed E-state index contributed by atoms with van der Waals surface area (Å²) in [6.45, 7) is 2.02. The standard InChI is InChI=1S/C16H21Cl2NO3/c1-21-16(20)13-4-5-14(19(8-6-17)9-7-18)15(10-13)22-11-12-2-3-12/h4-5,10,12H,2-3,6-9,11H2,1H3. The fraction of sp³-hybridized carbons (Fsp3) is 0.562. The van der Waals surface area contributed by atoms with Crippen LogP contribution in [0.25, 0.3) is 0 Å². The number of hydrogen-bond acceptors (Lipinski definition) is 4. The van der Waals surface area contributed by atoms with Gasteiger partial charge >= 0.3 is 5.97 Å². The minimum absolute atomic E-state index is 0.371. The average Bonchev–Trinajstić information content (AvgIpc) is 3.36. The smallest absolute Gasteiger partial charge is 0.337 e. The monoisotopic (exact) mass is 345 g/mol. The van der Waals surface area contributed by atoms with Crippen molar-refractivity contribution in [2.45, 2.75) is 12.8 Å². The lowest BCUT2D eigenvalue weighted by atomic mass is 10.1. The molecule has 1 aliphatic rings. The van der Waals surface area contributed by atoms with Crippen LogP contribution >= 0.6 is 23.2 Å². The number of carbonyl (C=O) groups is 1. The molecule has 1 aromatic carbocycles. The van der Waals surface area contributed by atoms with Gasteiger partial charge in [0.2, 0.25) is 0 Å². The van der Waals surface area contributed by atoms with Gasteiger partial charge in [-0.1, -0.05) is 0 Å². The molecule has 0 radical (unpaired) electrons. The van der Waals surface area contributed by atoms with Crippen LogP contribution < -0.4 is 9.64 Å². The van der Waals surface area contributed by atoms with E-state index >= 15 is 0 Å². The Labute approximate surface area is 141 Å². The van der Waals surface area contributed by atoms with Gasteiger partial charge in [-0.3, -0.25) is 0 Å². The number of benzene rings is 1. The quantitative estimate of drug-likeness (QED) is 0.506. The molecule has 22 heavy (non-hydrogen) atoms. The van der Waals surface area contributed by atoms with Crippen LogP contribution in [-0.4, -0.2) is 44.5 Å². The SMILES string of the molecule is COC(=O)c1ccc(N(CCCl)CCCl)c(OCC2CC2)c1. The number of alkyl halides is 2. The summed E-state index contributed by atoms with van der Waals surface area (Å²) in [6.07, 6.45) is 2.41. The molecule has 2 rings (SSSR count). The second-order valence-corrected chi connectivity index (χ2v) is 6.05. The number of ether oxygens (including phenoxy) is 2. The number of methoxy groups -OCH3 is 1. The van der Waals surface area contributed by atoms with E-state index in [1.807, 2.05) is 6.07 Å². The van der Waals surface area contributed by atoms with Gasteiger partial charge in [-0.15, -0.1) is 23.2 Å². The predicted molar refractivity (Wildman–Crippen MR) is 89.7 cm³/mol. The number of esters is 1. The Balaban J connectivity index is 2.25. The van der Waals surface area contributed by atoms with Crippen molar-refractivity contribution in [3.05, 3.63) is 23.8 Å². The minimum Gasteiger partial charge on any atom is -0.491 e. The molecule has 4 nitrogen and oxygen atoms in total. The van der Waals surface area contributed by atoms with Crippen LogP contribution in [0.15, 0.2) is 18.2 Å². The highest BCUT2D eigenvalue weighted by Crippen LogP contribution is 2.34. The summed E-state index contributed by atoms with van der Waals surface area (Å²) in [7, 11) is 1.37. The Hall–Kier alpha value is -1.13. The average molecular weight is 346 g/mol. The molecule has 0 spiro atoms. The summed E-state index contributed by atoms with van der Waals surface area (Å²) in [6, 6.07) is 5.34. The second-order valence-electron chi connectivity index (χ2n) is 5.29. The maximum absolute atomic E-state index is 11.7. The van der Waals surface area contributed by atoms with E-state index in [1.165, 1.54) is 20.0 Å². The molecule has 1 aromatic rings. The van der Waals surface area contributed by atoms with E-state index < -0.39 is 0 Å². The zero-order chi connectivity index (χ0) is 15.9. The van der Waals surface area contributed by atoms with Crippen LogP contribution in [-0.2, 0) is 4.74 Å². The summed E-state index contributed by atoms with van der Waals surface area (Å²) in [4.78, 5) is 13.8. The highest BCUT2D eigenvalue weighted by molar-refractivity contribution is 6.18. The molecule has 0 N–H and O–H groups in total. The topological polar surface area (TPSA) is 38.8 Å². The van der Waals surface area contributed by atoms with Gasteiger partial charge in [0, 0.05) is 24.8 Å². The Kier molecular flexibility index (Phi) is 6.65. The van der Waals surface area contributed by atoms with Crippen molar-refractivity contribution in [1.29, 1.82) is 0 Å². The first-order valence-electron chi connectivity index (χ1n) is 7.41. The van der Waals surface area contributed by atoms with E-state index in [2.05, 4.69) is 4.90 Å². The summed E-state index contributed by atoms with van der Waals surface area (Å²) in [5, 5.41) is 0. The molecule has 0 amide bonds. The van der Waals surface area contributed by atoms with Crippen molar-refractivity contribution in [1.82, 2.24) is 0 Å². The molecule has 6 heteroatoms. The first-order chi connectivity index (χ1) is 10.7. The summed E-state index contributed by atoms with van der Waals surface area (Å²) >= 11 is 11.8. The maximum Gasteiger partial charge on any atom is 0.337 e. The number of nitrogens with zero attached hydrogens (tertiary/aromatic N) is 1. The van der Waals surface area contributed by atoms with Crippen LogP contribution in [0.3, 0.4) is 0 Å². The van der Waals surface area contributed by atoms with Gasteiger partial charge < -0.3 is 14.4 Å². The van der Waals surface area contributed by atoms with Crippen LogP contribution in [0.4, 0.5) is 5.69 Å². The third-order valence-corrected chi connectivity index (χ3v) is 3.94. The lowest BCUT2D eigenvalue weighted by Crippen LogP contribution is -2.28. The van der Waals surface area contributed by atoms with E-state index in [1.54, 1.807) is 12.1 Å². The molecule has 1 fully saturated rings. The number of hydrogen-bond donors (Lipinski definition) is 0. The van der Waals surface area contributed by atoms with Crippen molar-refractivity contribution in [2.75, 3.05) is 43.5 Å². The number of halogens is 2. The first-order valence-corrected chi connectivity index (χ1v) is 8.48. The van der Waals surface area contributed by atoms with Crippen molar-refractivity contribution in [3.63, 3.8) is 0 Å². The van der Waals surface area contributed by atoms with Crippen molar-refractivity contribution >= 4 is 34.9 Å².